The number of anilines is 2. The van der Waals surface area contributed by atoms with E-state index in [4.69, 9.17) is 10.7 Å². The molecule has 1 aliphatic rings. The lowest BCUT2D eigenvalue weighted by Crippen LogP contribution is -2.30. The van der Waals surface area contributed by atoms with Gasteiger partial charge in [-0.3, -0.25) is 4.98 Å². The second kappa shape index (κ2) is 14.0. The minimum absolute atomic E-state index is 0.785. The normalized spacial score (nSPS) is 14.3. The van der Waals surface area contributed by atoms with Crippen molar-refractivity contribution < 1.29 is 0 Å². The minimum atomic E-state index is 0.785. The Morgan fingerprint density at radius 2 is 1.75 bits per heavy atom. The number of hydrogen-bond donors (Lipinski definition) is 2. The number of benzene rings is 2. The van der Waals surface area contributed by atoms with E-state index in [-0.39, 0.29) is 0 Å². The molecule has 2 aromatic carbocycles. The second-order valence-electron chi connectivity index (χ2n) is 9.92. The molecule has 1 saturated heterocycles. The van der Waals surface area contributed by atoms with Crippen LogP contribution in [0, 0.1) is 5.92 Å². The van der Waals surface area contributed by atoms with Crippen LogP contribution in [-0.2, 0) is 0 Å². The van der Waals surface area contributed by atoms with E-state index >= 15 is 0 Å². The maximum absolute atomic E-state index is 5.91. The maximum Gasteiger partial charge on any atom is 0.0723 e. The Balaban J connectivity index is 0.00000176. The Bertz CT molecular complexity index is 1100. The highest BCUT2D eigenvalue weighted by atomic mass is 15.1. The monoisotopic (exact) mass is 486 g/mol. The summed E-state index contributed by atoms with van der Waals surface area (Å²) in [6.45, 7) is 14.2. The molecule has 1 fully saturated rings. The van der Waals surface area contributed by atoms with Gasteiger partial charge in [0.2, 0.25) is 0 Å². The summed E-state index contributed by atoms with van der Waals surface area (Å²) >= 11 is 0. The van der Waals surface area contributed by atoms with E-state index in [1.807, 2.05) is 32.2 Å². The molecule has 1 aromatic heterocycles. The van der Waals surface area contributed by atoms with E-state index in [9.17, 15) is 0 Å². The number of nitrogens with one attached hydrogen (secondary N) is 1. The number of hydrogen-bond acceptors (Lipinski definition) is 4. The molecule has 0 bridgehead atoms. The van der Waals surface area contributed by atoms with Crippen LogP contribution in [0.2, 0.25) is 0 Å². The van der Waals surface area contributed by atoms with Gasteiger partial charge in [0.1, 0.15) is 0 Å². The largest absolute Gasteiger partial charge is 0.399 e. The number of rotatable bonds is 10. The van der Waals surface area contributed by atoms with Crippen molar-refractivity contribution in [3.63, 3.8) is 0 Å². The lowest BCUT2D eigenvalue weighted by Gasteiger charge is -2.29. The molecule has 2 heterocycles. The Labute approximate surface area is 219 Å². The van der Waals surface area contributed by atoms with Crippen molar-refractivity contribution in [2.24, 2.45) is 5.92 Å². The lowest BCUT2D eigenvalue weighted by atomic mass is 9.89. The maximum atomic E-state index is 5.91. The molecule has 36 heavy (non-hydrogen) atoms. The van der Waals surface area contributed by atoms with Crippen molar-refractivity contribution >= 4 is 27.9 Å². The topological polar surface area (TPSA) is 54.2 Å². The number of allylic oxidation sites excluding steroid dienone is 1. The van der Waals surface area contributed by atoms with Gasteiger partial charge in [0.15, 0.2) is 0 Å². The smallest absolute Gasteiger partial charge is 0.0723 e. The summed E-state index contributed by atoms with van der Waals surface area (Å²) in [5.74, 6) is 0.805. The number of aromatic nitrogens is 1. The Morgan fingerprint density at radius 3 is 2.44 bits per heavy atom. The van der Waals surface area contributed by atoms with E-state index < -0.39 is 0 Å². The van der Waals surface area contributed by atoms with Gasteiger partial charge in [0, 0.05) is 29.4 Å². The fourth-order valence-corrected chi connectivity index (χ4v) is 4.96. The zero-order chi connectivity index (χ0) is 25.9. The molecule has 3 aromatic rings. The fraction of sp³-hybridized carbons (Fsp3) is 0.469. The zero-order valence-electron chi connectivity index (χ0n) is 22.9. The molecule has 0 amide bonds. The molecule has 0 atom stereocenters. The van der Waals surface area contributed by atoms with Crippen LogP contribution in [0.4, 0.5) is 11.4 Å². The molecule has 0 unspecified atom stereocenters. The van der Waals surface area contributed by atoms with Crippen molar-refractivity contribution in [1.82, 2.24) is 9.88 Å². The number of fused-ring (bicyclic) bond motifs is 1. The molecule has 0 aliphatic carbocycles. The molecular weight excluding hydrogens is 440 g/mol. The van der Waals surface area contributed by atoms with Crippen LogP contribution in [0.3, 0.4) is 0 Å². The Kier molecular flexibility index (Phi) is 10.8. The van der Waals surface area contributed by atoms with Crippen molar-refractivity contribution in [1.29, 1.82) is 0 Å². The van der Waals surface area contributed by atoms with E-state index in [2.05, 4.69) is 61.1 Å². The number of nitrogens with two attached hydrogens (primary N) is 1. The van der Waals surface area contributed by atoms with Gasteiger partial charge < -0.3 is 16.0 Å². The molecular formula is C32H46N4. The SMILES string of the molecule is C=C(CCC1CCN(C)CC1)c1cnc2ccc(-c3ccc(N)cc3)cc2c1NCCCCC.CC. The van der Waals surface area contributed by atoms with Crippen molar-refractivity contribution in [3.8, 4) is 11.1 Å². The zero-order valence-corrected chi connectivity index (χ0v) is 22.9. The average Bonchev–Trinajstić information content (AvgIpc) is 2.92. The summed E-state index contributed by atoms with van der Waals surface area (Å²) in [4.78, 5) is 7.27. The summed E-state index contributed by atoms with van der Waals surface area (Å²) in [5, 5.41) is 4.95. The van der Waals surface area contributed by atoms with Gasteiger partial charge in [-0.05, 0) is 99.1 Å². The lowest BCUT2D eigenvalue weighted by molar-refractivity contribution is 0.213. The van der Waals surface area contributed by atoms with E-state index in [1.165, 1.54) is 85.0 Å². The highest BCUT2D eigenvalue weighted by Gasteiger charge is 2.18. The fourth-order valence-electron chi connectivity index (χ4n) is 4.96. The molecule has 4 heteroatoms. The highest BCUT2D eigenvalue weighted by Crippen LogP contribution is 2.36. The van der Waals surface area contributed by atoms with Gasteiger partial charge in [0.25, 0.3) is 0 Å². The first kappa shape index (κ1) is 27.7. The van der Waals surface area contributed by atoms with E-state index in [0.717, 1.165) is 30.1 Å². The third kappa shape index (κ3) is 7.33. The summed E-state index contributed by atoms with van der Waals surface area (Å²) in [6, 6.07) is 14.6. The number of nitrogen functional groups attached to an aromatic ring is 1. The first-order valence-corrected chi connectivity index (χ1v) is 13.9. The van der Waals surface area contributed by atoms with Crippen LogP contribution in [0.1, 0.15) is 71.3 Å². The third-order valence-electron chi connectivity index (χ3n) is 7.27. The molecule has 0 radical (unpaired) electrons. The van der Waals surface area contributed by atoms with Crippen molar-refractivity contribution in [2.45, 2.75) is 65.7 Å². The predicted octanol–water partition coefficient (Wildman–Crippen LogP) is 8.25. The number of pyridine rings is 1. The summed E-state index contributed by atoms with van der Waals surface area (Å²) in [6.07, 6.45) is 10.5. The molecule has 3 N–H and O–H groups in total. The summed E-state index contributed by atoms with van der Waals surface area (Å²) in [7, 11) is 2.23. The van der Waals surface area contributed by atoms with Crippen molar-refractivity contribution in [3.05, 3.63) is 60.8 Å². The van der Waals surface area contributed by atoms with Crippen LogP contribution in [-0.4, -0.2) is 36.6 Å². The quantitative estimate of drug-likeness (QED) is 0.224. The highest BCUT2D eigenvalue weighted by molar-refractivity contribution is 5.99. The number of likely N-dealkylation sites (tertiary alicyclic amines) is 1. The third-order valence-corrected chi connectivity index (χ3v) is 7.27. The van der Waals surface area contributed by atoms with Crippen molar-refractivity contribution in [2.75, 3.05) is 37.7 Å². The van der Waals surface area contributed by atoms with Crippen LogP contribution < -0.4 is 11.1 Å². The molecule has 194 valence electrons. The molecule has 0 saturated carbocycles. The van der Waals surface area contributed by atoms with Crippen LogP contribution in [0.15, 0.2) is 55.2 Å². The standard InChI is InChI=1S/C30H40N4.C2H6/c1-4-5-6-17-32-30-27-20-25(24-9-12-26(31)13-10-24)11-14-29(27)33-21-28(30)22(2)7-8-23-15-18-34(3)19-16-23;1-2/h9-14,20-21,23H,2,4-8,15-19,31H2,1,3H3,(H,32,33);1-2H3. The van der Waals surface area contributed by atoms with Gasteiger partial charge in [-0.25, -0.2) is 0 Å². The van der Waals surface area contributed by atoms with Gasteiger partial charge in [0.05, 0.1) is 11.2 Å². The molecule has 4 rings (SSSR count). The molecule has 0 spiro atoms. The number of unbranched alkanes of at least 4 members (excludes halogenated alkanes) is 2. The minimum Gasteiger partial charge on any atom is -0.399 e. The van der Waals surface area contributed by atoms with Gasteiger partial charge >= 0.3 is 0 Å². The molecule has 4 nitrogen and oxygen atoms in total. The first-order chi connectivity index (χ1) is 17.5. The van der Waals surface area contributed by atoms with Crippen LogP contribution in [0.25, 0.3) is 27.6 Å². The average molecular weight is 487 g/mol. The van der Waals surface area contributed by atoms with Gasteiger partial charge in [-0.1, -0.05) is 58.4 Å². The number of piperidine rings is 1. The second-order valence-corrected chi connectivity index (χ2v) is 9.92. The van der Waals surface area contributed by atoms with Crippen LogP contribution >= 0.6 is 0 Å². The predicted molar refractivity (Wildman–Crippen MR) is 159 cm³/mol. The molecule has 1 aliphatic heterocycles. The van der Waals surface area contributed by atoms with Gasteiger partial charge in [-0.15, -0.1) is 0 Å². The Hall–Kier alpha value is -2.85. The Morgan fingerprint density at radius 1 is 1.06 bits per heavy atom. The van der Waals surface area contributed by atoms with Crippen LogP contribution in [0.5, 0.6) is 0 Å². The number of nitrogens with zero attached hydrogens (tertiary/aromatic N) is 2. The summed E-state index contributed by atoms with van der Waals surface area (Å²) in [5.41, 5.74) is 13.6. The van der Waals surface area contributed by atoms with E-state index in [0.29, 0.717) is 0 Å². The van der Waals surface area contributed by atoms with E-state index in [1.54, 1.807) is 0 Å². The first-order valence-electron chi connectivity index (χ1n) is 13.9. The van der Waals surface area contributed by atoms with Gasteiger partial charge in [-0.2, -0.15) is 0 Å². The summed E-state index contributed by atoms with van der Waals surface area (Å²) < 4.78 is 0.